The standard InChI is InChI=1S/C13H18N5O8P/c1-13(20)9(19)7(4-25-27(22,23)24)26-12(13)18-3-6(2-17-21)8-10(14)15-5-16-11(8)18/h2-3,5,7,9,12,19-21H,4H2,1H3,(H2,14,15,16)(H2,22,23,24)/t7?,9?,12?,13-/m1/s1. The van der Waals surface area contributed by atoms with Crippen molar-refractivity contribution in [2.45, 2.75) is 31.0 Å². The summed E-state index contributed by atoms with van der Waals surface area (Å²) in [6.45, 7) is 0.634. The van der Waals surface area contributed by atoms with Gasteiger partial charge >= 0.3 is 7.82 Å². The Labute approximate surface area is 151 Å². The highest BCUT2D eigenvalue weighted by atomic mass is 31.2. The number of nitrogens with zero attached hydrogens (tertiary/aromatic N) is 4. The Bertz CT molecular complexity index is 925. The highest BCUT2D eigenvalue weighted by Gasteiger charge is 2.54. The molecule has 3 unspecified atom stereocenters. The van der Waals surface area contributed by atoms with Gasteiger partial charge in [0.1, 0.15) is 35.6 Å². The third-order valence-corrected chi connectivity index (χ3v) is 4.76. The van der Waals surface area contributed by atoms with Gasteiger partial charge in [-0.05, 0) is 6.92 Å². The highest BCUT2D eigenvalue weighted by Crippen LogP contribution is 2.43. The van der Waals surface area contributed by atoms with Gasteiger partial charge in [-0.15, -0.1) is 0 Å². The number of anilines is 1. The Balaban J connectivity index is 2.03. The second-order valence-corrected chi connectivity index (χ2v) is 7.42. The number of aliphatic hydroxyl groups excluding tert-OH is 1. The number of nitrogen functional groups attached to an aromatic ring is 1. The van der Waals surface area contributed by atoms with Crippen LogP contribution < -0.4 is 5.73 Å². The van der Waals surface area contributed by atoms with Crippen molar-refractivity contribution in [1.29, 1.82) is 0 Å². The zero-order valence-corrected chi connectivity index (χ0v) is 14.8. The molecule has 13 nitrogen and oxygen atoms in total. The Hall–Kier alpha value is -2.12. The van der Waals surface area contributed by atoms with Crippen molar-refractivity contribution in [1.82, 2.24) is 14.5 Å². The molecule has 148 valence electrons. The smallest absolute Gasteiger partial charge is 0.411 e. The predicted molar refractivity (Wildman–Crippen MR) is 89.9 cm³/mol. The van der Waals surface area contributed by atoms with Gasteiger partial charge in [0.2, 0.25) is 0 Å². The van der Waals surface area contributed by atoms with Gasteiger partial charge in [-0.2, -0.15) is 0 Å². The van der Waals surface area contributed by atoms with Crippen LogP contribution >= 0.6 is 7.82 Å². The van der Waals surface area contributed by atoms with Gasteiger partial charge in [-0.3, -0.25) is 4.52 Å². The van der Waals surface area contributed by atoms with Gasteiger partial charge < -0.3 is 40.2 Å². The molecule has 1 aliphatic rings. The number of ether oxygens (including phenoxy) is 1. The van der Waals surface area contributed by atoms with E-state index in [-0.39, 0.29) is 11.5 Å². The van der Waals surface area contributed by atoms with Crippen LogP contribution in [0.1, 0.15) is 18.7 Å². The number of aliphatic hydroxyl groups is 2. The number of oxime groups is 1. The number of phosphoric ester groups is 1. The first kappa shape index (κ1) is 19.6. The van der Waals surface area contributed by atoms with E-state index in [9.17, 15) is 14.8 Å². The van der Waals surface area contributed by atoms with Crippen molar-refractivity contribution >= 4 is 30.9 Å². The first-order valence-corrected chi connectivity index (χ1v) is 9.13. The van der Waals surface area contributed by atoms with Gasteiger partial charge in [0.15, 0.2) is 6.23 Å². The van der Waals surface area contributed by atoms with Crippen LogP contribution in [-0.2, 0) is 13.8 Å². The zero-order valence-electron chi connectivity index (χ0n) is 13.9. The van der Waals surface area contributed by atoms with E-state index in [1.165, 1.54) is 24.0 Å². The lowest BCUT2D eigenvalue weighted by atomic mass is 9.96. The zero-order chi connectivity index (χ0) is 20.0. The summed E-state index contributed by atoms with van der Waals surface area (Å²) >= 11 is 0. The fraction of sp³-hybridized carbons (Fsp3) is 0.462. The molecule has 0 bridgehead atoms. The molecule has 2 aromatic rings. The molecule has 0 saturated carbocycles. The number of hydrogen-bond acceptors (Lipinski definition) is 10. The van der Waals surface area contributed by atoms with Crippen LogP contribution in [0.4, 0.5) is 5.82 Å². The molecule has 27 heavy (non-hydrogen) atoms. The van der Waals surface area contributed by atoms with Gasteiger partial charge in [-0.25, -0.2) is 14.5 Å². The van der Waals surface area contributed by atoms with E-state index in [1.54, 1.807) is 0 Å². The summed E-state index contributed by atoms with van der Waals surface area (Å²) in [5, 5.41) is 33.2. The van der Waals surface area contributed by atoms with E-state index in [2.05, 4.69) is 19.6 Å². The average molecular weight is 403 g/mol. The predicted octanol–water partition coefficient (Wildman–Crippen LogP) is -1.06. The fourth-order valence-electron chi connectivity index (χ4n) is 3.02. The molecule has 1 fully saturated rings. The van der Waals surface area contributed by atoms with Gasteiger partial charge in [-0.1, -0.05) is 5.16 Å². The van der Waals surface area contributed by atoms with Crippen molar-refractivity contribution in [2.24, 2.45) is 5.16 Å². The van der Waals surface area contributed by atoms with Gasteiger partial charge in [0.05, 0.1) is 18.2 Å². The molecule has 1 saturated heterocycles. The Morgan fingerprint density at radius 3 is 2.85 bits per heavy atom. The Kier molecular flexibility index (Phi) is 4.94. The van der Waals surface area contributed by atoms with Crippen molar-refractivity contribution in [3.63, 3.8) is 0 Å². The molecule has 1 aliphatic heterocycles. The highest BCUT2D eigenvalue weighted by molar-refractivity contribution is 7.46. The molecular formula is C13H18N5O8P. The fourth-order valence-corrected chi connectivity index (χ4v) is 3.37. The SMILES string of the molecule is C[C@@]1(O)C(O)C(COP(=O)(O)O)OC1n1cc(C=NO)c2c(N)ncnc21. The molecule has 0 spiro atoms. The maximum atomic E-state index is 10.9. The van der Waals surface area contributed by atoms with Crippen LogP contribution in [0.15, 0.2) is 17.7 Å². The summed E-state index contributed by atoms with van der Waals surface area (Å²) < 4.78 is 22.2. The largest absolute Gasteiger partial charge is 0.469 e. The van der Waals surface area contributed by atoms with Crippen molar-refractivity contribution in [3.8, 4) is 0 Å². The molecule has 14 heteroatoms. The minimum atomic E-state index is -4.79. The maximum absolute atomic E-state index is 10.9. The Morgan fingerprint density at radius 2 is 2.22 bits per heavy atom. The van der Waals surface area contributed by atoms with Crippen molar-refractivity contribution in [2.75, 3.05) is 12.3 Å². The second-order valence-electron chi connectivity index (χ2n) is 6.18. The minimum absolute atomic E-state index is 0.0909. The third-order valence-electron chi connectivity index (χ3n) is 4.28. The average Bonchev–Trinajstić information content (AvgIpc) is 3.03. The van der Waals surface area contributed by atoms with E-state index < -0.39 is 38.5 Å². The summed E-state index contributed by atoms with van der Waals surface area (Å²) in [7, 11) is -4.79. The van der Waals surface area contributed by atoms with Crippen molar-refractivity contribution in [3.05, 3.63) is 18.1 Å². The van der Waals surface area contributed by atoms with Gasteiger partial charge in [0.25, 0.3) is 0 Å². The van der Waals surface area contributed by atoms with E-state index >= 15 is 0 Å². The summed E-state index contributed by atoms with van der Waals surface area (Å²) in [4.78, 5) is 25.6. The van der Waals surface area contributed by atoms with E-state index in [0.717, 1.165) is 6.21 Å². The first-order chi connectivity index (χ1) is 12.6. The van der Waals surface area contributed by atoms with Gasteiger partial charge in [0, 0.05) is 11.8 Å². The monoisotopic (exact) mass is 403 g/mol. The third kappa shape index (κ3) is 3.53. The molecule has 2 aromatic heterocycles. The topological polar surface area (TPSA) is 206 Å². The van der Waals surface area contributed by atoms with E-state index in [1.807, 2.05) is 0 Å². The molecular weight excluding hydrogens is 385 g/mol. The molecule has 4 atom stereocenters. The lowest BCUT2D eigenvalue weighted by Gasteiger charge is -2.27. The summed E-state index contributed by atoms with van der Waals surface area (Å²) in [6.07, 6.45) is -0.274. The van der Waals surface area contributed by atoms with Crippen LogP contribution in [0.2, 0.25) is 0 Å². The van der Waals surface area contributed by atoms with E-state index in [4.69, 9.17) is 25.5 Å². The molecule has 0 radical (unpaired) electrons. The second kappa shape index (κ2) is 6.80. The first-order valence-electron chi connectivity index (χ1n) is 7.60. The minimum Gasteiger partial charge on any atom is -0.411 e. The van der Waals surface area contributed by atoms with Crippen LogP contribution in [0.3, 0.4) is 0 Å². The molecule has 0 amide bonds. The quantitative estimate of drug-likeness (QED) is 0.153. The van der Waals surface area contributed by atoms with Crippen LogP contribution in [-0.4, -0.2) is 70.4 Å². The number of aromatic nitrogens is 3. The molecule has 0 aromatic carbocycles. The molecule has 7 N–H and O–H groups in total. The number of phosphoric acid groups is 1. The summed E-state index contributed by atoms with van der Waals surface area (Å²) in [5.74, 6) is 0.0909. The van der Waals surface area contributed by atoms with Crippen LogP contribution in [0.5, 0.6) is 0 Å². The lowest BCUT2D eigenvalue weighted by molar-refractivity contribution is -0.0947. The lowest BCUT2D eigenvalue weighted by Crippen LogP contribution is -2.44. The van der Waals surface area contributed by atoms with Crippen LogP contribution in [0.25, 0.3) is 11.0 Å². The maximum Gasteiger partial charge on any atom is 0.469 e. The number of nitrogens with two attached hydrogens (primary N) is 1. The molecule has 0 aliphatic carbocycles. The molecule has 3 heterocycles. The normalized spacial score (nSPS) is 29.1. The number of rotatable bonds is 5. The van der Waals surface area contributed by atoms with Crippen molar-refractivity contribution < 1.29 is 39.0 Å². The number of fused-ring (bicyclic) bond motifs is 1. The van der Waals surface area contributed by atoms with Crippen LogP contribution in [0, 0.1) is 0 Å². The Morgan fingerprint density at radius 1 is 1.52 bits per heavy atom. The summed E-state index contributed by atoms with van der Waals surface area (Å²) in [6, 6.07) is 0. The summed E-state index contributed by atoms with van der Waals surface area (Å²) in [5.41, 5.74) is 4.53. The van der Waals surface area contributed by atoms with E-state index in [0.29, 0.717) is 10.9 Å². The molecule has 3 rings (SSSR count). The number of hydrogen-bond donors (Lipinski definition) is 6.